The quantitative estimate of drug-likeness (QED) is 0.839. The maximum Gasteiger partial charge on any atom is 0.202 e. The Labute approximate surface area is 110 Å². The number of Topliss-reactive ketones (excluding diaryl/α,β-unsaturated/α-hetero) is 1. The molecule has 0 saturated heterocycles. The van der Waals surface area contributed by atoms with Crippen LogP contribution in [-0.4, -0.2) is 17.2 Å². The minimum atomic E-state index is -0.944. The predicted octanol–water partition coefficient (Wildman–Crippen LogP) is 3.07. The highest BCUT2D eigenvalue weighted by Gasteiger charge is 2.47. The Morgan fingerprint density at radius 1 is 1.56 bits per heavy atom. The van der Waals surface area contributed by atoms with Gasteiger partial charge < -0.3 is 9.53 Å². The number of carbonyl (C=O) groups excluding carboxylic acids is 2. The van der Waals surface area contributed by atoms with Gasteiger partial charge in [0.2, 0.25) is 5.78 Å². The van der Waals surface area contributed by atoms with E-state index in [1.54, 1.807) is 32.1 Å². The Morgan fingerprint density at radius 2 is 2.28 bits per heavy atom. The van der Waals surface area contributed by atoms with Crippen molar-refractivity contribution in [1.82, 2.24) is 0 Å². The molecule has 0 spiro atoms. The second-order valence-electron chi connectivity index (χ2n) is 4.80. The Morgan fingerprint density at radius 3 is 2.72 bits per heavy atom. The molecule has 0 amide bonds. The van der Waals surface area contributed by atoms with Crippen molar-refractivity contribution in [1.29, 1.82) is 0 Å². The van der Waals surface area contributed by atoms with Gasteiger partial charge in [-0.1, -0.05) is 6.07 Å². The molecule has 2 heterocycles. The highest BCUT2D eigenvalue weighted by molar-refractivity contribution is 7.10. The lowest BCUT2D eigenvalue weighted by Gasteiger charge is -2.31. The molecular formula is C14H16O3S. The van der Waals surface area contributed by atoms with Crippen molar-refractivity contribution in [2.24, 2.45) is 0 Å². The molecule has 2 rings (SSSR count). The number of ether oxygens (including phenoxy) is 1. The van der Waals surface area contributed by atoms with Crippen LogP contribution in [0.5, 0.6) is 0 Å². The zero-order valence-electron chi connectivity index (χ0n) is 10.7. The molecule has 1 aliphatic rings. The molecule has 0 saturated carbocycles. The summed E-state index contributed by atoms with van der Waals surface area (Å²) in [6.45, 7) is 5.09. The summed E-state index contributed by atoms with van der Waals surface area (Å²) in [6.07, 6.45) is 1.84. The molecule has 1 aliphatic heterocycles. The molecule has 0 aromatic carbocycles. The Balaban J connectivity index is 2.36. The zero-order valence-corrected chi connectivity index (χ0v) is 11.5. The van der Waals surface area contributed by atoms with Crippen LogP contribution in [-0.2, 0) is 14.3 Å². The van der Waals surface area contributed by atoms with Crippen molar-refractivity contribution in [2.75, 3.05) is 0 Å². The first-order chi connectivity index (χ1) is 8.43. The van der Waals surface area contributed by atoms with Gasteiger partial charge in [0.1, 0.15) is 5.78 Å². The molecule has 0 radical (unpaired) electrons. The topological polar surface area (TPSA) is 43.4 Å². The van der Waals surface area contributed by atoms with E-state index in [0.717, 1.165) is 4.88 Å². The normalized spacial score (nSPS) is 24.6. The van der Waals surface area contributed by atoms with Crippen molar-refractivity contribution < 1.29 is 14.3 Å². The SMILES string of the molecule is CC(=O)C[C@@H](c1cccs1)[C@@]1(C)OC(C)=CC1=O. The van der Waals surface area contributed by atoms with Crippen LogP contribution >= 0.6 is 11.3 Å². The smallest absolute Gasteiger partial charge is 0.202 e. The van der Waals surface area contributed by atoms with Crippen LogP contribution in [0, 0.1) is 0 Å². The first-order valence-electron chi connectivity index (χ1n) is 5.88. The number of allylic oxidation sites excluding steroid dienone is 1. The van der Waals surface area contributed by atoms with Crippen LogP contribution in [0.4, 0.5) is 0 Å². The van der Waals surface area contributed by atoms with Gasteiger partial charge in [-0.05, 0) is 32.2 Å². The molecule has 0 aliphatic carbocycles. The highest BCUT2D eigenvalue weighted by atomic mass is 32.1. The van der Waals surface area contributed by atoms with E-state index < -0.39 is 5.60 Å². The van der Waals surface area contributed by atoms with Crippen molar-refractivity contribution in [3.63, 3.8) is 0 Å². The standard InChI is InChI=1S/C14H16O3S/c1-9(15)7-11(12-5-4-6-18-12)14(3)13(16)8-10(2)17-14/h4-6,8,11H,7H2,1-3H3/t11-,14+/m0/s1. The third-order valence-corrected chi connectivity index (χ3v) is 4.23. The molecule has 18 heavy (non-hydrogen) atoms. The van der Waals surface area contributed by atoms with Crippen LogP contribution in [0.2, 0.25) is 0 Å². The van der Waals surface area contributed by atoms with Gasteiger partial charge in [0.25, 0.3) is 0 Å². The molecule has 1 aromatic heterocycles. The zero-order chi connectivity index (χ0) is 13.3. The number of ketones is 2. The lowest BCUT2D eigenvalue weighted by atomic mass is 9.81. The van der Waals surface area contributed by atoms with Crippen LogP contribution < -0.4 is 0 Å². The van der Waals surface area contributed by atoms with Crippen LogP contribution in [0.25, 0.3) is 0 Å². The summed E-state index contributed by atoms with van der Waals surface area (Å²) < 4.78 is 5.71. The summed E-state index contributed by atoms with van der Waals surface area (Å²) in [5.41, 5.74) is -0.944. The Bertz CT molecular complexity index is 501. The minimum Gasteiger partial charge on any atom is -0.483 e. The third kappa shape index (κ3) is 2.25. The van der Waals surface area contributed by atoms with Crippen molar-refractivity contribution >= 4 is 22.9 Å². The van der Waals surface area contributed by atoms with Crippen LogP contribution in [0.1, 0.15) is 38.0 Å². The van der Waals surface area contributed by atoms with Gasteiger partial charge in [0, 0.05) is 23.3 Å². The predicted molar refractivity (Wildman–Crippen MR) is 70.6 cm³/mol. The van der Waals surface area contributed by atoms with Crippen LogP contribution in [0.15, 0.2) is 29.3 Å². The van der Waals surface area contributed by atoms with Gasteiger partial charge in [0.05, 0.1) is 5.76 Å². The molecule has 0 N–H and O–H groups in total. The molecule has 0 unspecified atom stereocenters. The summed E-state index contributed by atoms with van der Waals surface area (Å²) in [5, 5.41) is 1.95. The third-order valence-electron chi connectivity index (χ3n) is 3.24. The van der Waals surface area contributed by atoms with E-state index in [4.69, 9.17) is 4.74 Å². The van der Waals surface area contributed by atoms with E-state index in [0.29, 0.717) is 12.2 Å². The van der Waals surface area contributed by atoms with Gasteiger partial charge in [-0.2, -0.15) is 0 Å². The number of carbonyl (C=O) groups is 2. The van der Waals surface area contributed by atoms with E-state index in [1.165, 1.54) is 6.08 Å². The average Bonchev–Trinajstić information content (AvgIpc) is 2.85. The summed E-state index contributed by atoms with van der Waals surface area (Å²) in [5.74, 6) is 0.416. The number of hydrogen-bond donors (Lipinski definition) is 0. The van der Waals surface area contributed by atoms with Crippen molar-refractivity contribution in [3.8, 4) is 0 Å². The molecule has 1 aromatic rings. The second kappa shape index (κ2) is 4.69. The summed E-state index contributed by atoms with van der Waals surface area (Å²) in [7, 11) is 0. The van der Waals surface area contributed by atoms with Gasteiger partial charge in [-0.3, -0.25) is 4.79 Å². The Kier molecular flexibility index (Phi) is 3.39. The van der Waals surface area contributed by atoms with E-state index in [-0.39, 0.29) is 17.5 Å². The molecule has 0 fully saturated rings. The maximum absolute atomic E-state index is 12.1. The first kappa shape index (κ1) is 13.0. The fourth-order valence-electron chi connectivity index (χ4n) is 2.33. The van der Waals surface area contributed by atoms with Crippen LogP contribution in [0.3, 0.4) is 0 Å². The van der Waals surface area contributed by atoms with Crippen molar-refractivity contribution in [2.45, 2.75) is 38.7 Å². The minimum absolute atomic E-state index is 0.0559. The lowest BCUT2D eigenvalue weighted by molar-refractivity contribution is -0.132. The second-order valence-corrected chi connectivity index (χ2v) is 5.78. The van der Waals surface area contributed by atoms with Gasteiger partial charge in [-0.25, -0.2) is 0 Å². The van der Waals surface area contributed by atoms with Gasteiger partial charge in [-0.15, -0.1) is 11.3 Å². The first-order valence-corrected chi connectivity index (χ1v) is 6.76. The number of hydrogen-bond acceptors (Lipinski definition) is 4. The molecule has 0 bridgehead atoms. The number of thiophene rings is 1. The van der Waals surface area contributed by atoms with Gasteiger partial charge in [0.15, 0.2) is 5.60 Å². The monoisotopic (exact) mass is 264 g/mol. The number of rotatable bonds is 4. The summed E-state index contributed by atoms with van der Waals surface area (Å²) in [4.78, 5) is 24.6. The maximum atomic E-state index is 12.1. The fourth-order valence-corrected chi connectivity index (χ4v) is 3.27. The van der Waals surface area contributed by atoms with E-state index >= 15 is 0 Å². The molecule has 4 heteroatoms. The molecule has 2 atom stereocenters. The highest BCUT2D eigenvalue weighted by Crippen LogP contribution is 2.41. The largest absolute Gasteiger partial charge is 0.483 e. The molecule has 3 nitrogen and oxygen atoms in total. The molecular weight excluding hydrogens is 248 g/mol. The summed E-state index contributed by atoms with van der Waals surface area (Å²) in [6, 6.07) is 3.88. The summed E-state index contributed by atoms with van der Waals surface area (Å²) >= 11 is 1.55. The van der Waals surface area contributed by atoms with E-state index in [1.807, 2.05) is 17.5 Å². The average molecular weight is 264 g/mol. The van der Waals surface area contributed by atoms with E-state index in [2.05, 4.69) is 0 Å². The fraction of sp³-hybridized carbons (Fsp3) is 0.429. The van der Waals surface area contributed by atoms with E-state index in [9.17, 15) is 9.59 Å². The van der Waals surface area contributed by atoms with Crippen molar-refractivity contribution in [3.05, 3.63) is 34.2 Å². The van der Waals surface area contributed by atoms with Gasteiger partial charge >= 0.3 is 0 Å². The lowest BCUT2D eigenvalue weighted by Crippen LogP contribution is -2.40. The Hall–Kier alpha value is -1.42. The molecule has 96 valence electrons.